The summed E-state index contributed by atoms with van der Waals surface area (Å²) in [7, 11) is 1.69. The normalized spacial score (nSPS) is 23.6. The summed E-state index contributed by atoms with van der Waals surface area (Å²) in [5.74, 6) is 0.337. The van der Waals surface area contributed by atoms with Crippen LogP contribution in [0.5, 0.6) is 5.88 Å². The van der Waals surface area contributed by atoms with Crippen LogP contribution in [0.2, 0.25) is 0 Å². The molecule has 2 N–H and O–H groups in total. The fourth-order valence-electron chi connectivity index (χ4n) is 6.70. The van der Waals surface area contributed by atoms with Gasteiger partial charge in [-0.25, -0.2) is 19.2 Å². The molecule has 7 rings (SSSR count). The van der Waals surface area contributed by atoms with Gasteiger partial charge in [0.15, 0.2) is 0 Å². The van der Waals surface area contributed by atoms with E-state index >= 15 is 4.39 Å². The highest BCUT2D eigenvalue weighted by molar-refractivity contribution is 6.03. The first kappa shape index (κ1) is 31.1. The van der Waals surface area contributed by atoms with E-state index in [1.165, 1.54) is 12.1 Å². The Bertz CT molecular complexity index is 1680. The van der Waals surface area contributed by atoms with Gasteiger partial charge >= 0.3 is 6.03 Å². The molecule has 3 atom stereocenters. The first-order valence-electron chi connectivity index (χ1n) is 16.0. The van der Waals surface area contributed by atoms with Gasteiger partial charge in [-0.1, -0.05) is 6.07 Å². The number of halogens is 1. The summed E-state index contributed by atoms with van der Waals surface area (Å²) in [6.07, 6.45) is 3.66. The van der Waals surface area contributed by atoms with Crippen molar-refractivity contribution < 1.29 is 28.2 Å². The van der Waals surface area contributed by atoms with Crippen molar-refractivity contribution in [1.29, 1.82) is 0 Å². The maximum absolute atomic E-state index is 15.6. The number of nitrogens with zero attached hydrogens (tertiary/aromatic N) is 6. The summed E-state index contributed by atoms with van der Waals surface area (Å²) in [5, 5.41) is 5.27. The van der Waals surface area contributed by atoms with Crippen LogP contribution in [0.1, 0.15) is 44.0 Å². The quantitative estimate of drug-likeness (QED) is 0.416. The molecule has 2 aromatic heterocycles. The predicted octanol–water partition coefficient (Wildman–Crippen LogP) is 4.16. The summed E-state index contributed by atoms with van der Waals surface area (Å²) in [5.41, 5.74) is 0.483. The van der Waals surface area contributed by atoms with Crippen molar-refractivity contribution in [3.63, 3.8) is 0 Å². The third-order valence-electron chi connectivity index (χ3n) is 8.90. The molecule has 0 spiro atoms. The van der Waals surface area contributed by atoms with Crippen molar-refractivity contribution in [2.24, 2.45) is 0 Å². The molecule has 47 heavy (non-hydrogen) atoms. The molecule has 4 aliphatic heterocycles. The fraction of sp³-hybridized carbons (Fsp3) is 0.485. The fourth-order valence-corrected chi connectivity index (χ4v) is 6.70. The number of amides is 3. The molecule has 14 heteroatoms. The van der Waals surface area contributed by atoms with E-state index in [2.05, 4.69) is 27.4 Å². The molecule has 3 aromatic rings. The highest BCUT2D eigenvalue weighted by Crippen LogP contribution is 2.38. The minimum absolute atomic E-state index is 0.0380. The Kier molecular flexibility index (Phi) is 8.08. The minimum atomic E-state index is -0.717. The second kappa shape index (κ2) is 12.2. The van der Waals surface area contributed by atoms with Crippen LogP contribution < -0.4 is 25.2 Å². The molecule has 3 amide bonds. The minimum Gasteiger partial charge on any atom is -0.469 e. The molecule has 0 saturated carbocycles. The van der Waals surface area contributed by atoms with Crippen LogP contribution in [0, 0.1) is 5.82 Å². The zero-order chi connectivity index (χ0) is 32.9. The number of ether oxygens (including phenoxy) is 3. The molecule has 3 fully saturated rings. The van der Waals surface area contributed by atoms with Crippen LogP contribution in [0.4, 0.5) is 32.3 Å². The number of pyridine rings is 1. The maximum Gasteiger partial charge on any atom is 0.323 e. The molecule has 0 radical (unpaired) electrons. The lowest BCUT2D eigenvalue weighted by Crippen LogP contribution is -2.44. The van der Waals surface area contributed by atoms with Crippen molar-refractivity contribution in [2.45, 2.75) is 57.5 Å². The van der Waals surface area contributed by atoms with Crippen LogP contribution >= 0.6 is 0 Å². The number of carbonyl (C=O) groups is 2. The number of benzene rings is 1. The average molecular weight is 647 g/mol. The van der Waals surface area contributed by atoms with Crippen LogP contribution in [0.25, 0.3) is 11.3 Å². The van der Waals surface area contributed by atoms with Crippen LogP contribution in [0.15, 0.2) is 36.5 Å². The second-order valence-electron chi connectivity index (χ2n) is 13.2. The van der Waals surface area contributed by atoms with Gasteiger partial charge in [-0.15, -0.1) is 0 Å². The number of urea groups is 1. The van der Waals surface area contributed by atoms with Gasteiger partial charge in [-0.3, -0.25) is 4.79 Å². The lowest BCUT2D eigenvalue weighted by atomic mass is 10.0. The molecule has 1 aromatic carbocycles. The van der Waals surface area contributed by atoms with E-state index in [0.29, 0.717) is 50.0 Å². The van der Waals surface area contributed by atoms with Crippen molar-refractivity contribution in [3.05, 3.63) is 47.9 Å². The summed E-state index contributed by atoms with van der Waals surface area (Å²) < 4.78 is 33.5. The molecular formula is C33H39FN8O5. The second-order valence-corrected chi connectivity index (χ2v) is 13.2. The summed E-state index contributed by atoms with van der Waals surface area (Å²) >= 11 is 0. The number of anilines is 4. The number of fused-ring (bicyclic) bond motifs is 3. The third kappa shape index (κ3) is 6.39. The Morgan fingerprint density at radius 1 is 1.09 bits per heavy atom. The van der Waals surface area contributed by atoms with Crippen LogP contribution in [-0.2, 0) is 9.47 Å². The Morgan fingerprint density at radius 3 is 2.57 bits per heavy atom. The number of hydrogen-bond acceptors (Lipinski definition) is 10. The van der Waals surface area contributed by atoms with Crippen molar-refractivity contribution >= 4 is 35.1 Å². The number of nitrogens with one attached hydrogen (secondary N) is 2. The van der Waals surface area contributed by atoms with E-state index in [4.69, 9.17) is 24.2 Å². The largest absolute Gasteiger partial charge is 0.469 e. The van der Waals surface area contributed by atoms with Gasteiger partial charge in [0.2, 0.25) is 11.8 Å². The van der Waals surface area contributed by atoms with Crippen molar-refractivity contribution in [3.8, 4) is 17.1 Å². The van der Waals surface area contributed by atoms with Crippen molar-refractivity contribution in [2.75, 3.05) is 66.9 Å². The van der Waals surface area contributed by atoms with E-state index < -0.39 is 17.4 Å². The number of aromatic nitrogens is 3. The highest BCUT2D eigenvalue weighted by Gasteiger charge is 2.39. The van der Waals surface area contributed by atoms with Gasteiger partial charge in [0, 0.05) is 32.2 Å². The van der Waals surface area contributed by atoms with Crippen LogP contribution in [-0.4, -0.2) is 102 Å². The predicted molar refractivity (Wildman–Crippen MR) is 174 cm³/mol. The number of hydrogen-bond donors (Lipinski definition) is 2. The monoisotopic (exact) mass is 646 g/mol. The lowest BCUT2D eigenvalue weighted by molar-refractivity contribution is 0.0297. The first-order chi connectivity index (χ1) is 22.5. The molecule has 2 bridgehead atoms. The Morgan fingerprint density at radius 2 is 1.87 bits per heavy atom. The molecule has 248 valence electrons. The number of likely N-dealkylation sites (N-methyl/N-ethyl adjacent to an activating group) is 1. The van der Waals surface area contributed by atoms with Gasteiger partial charge in [0.25, 0.3) is 5.91 Å². The number of morpholine rings is 2. The Labute approximate surface area is 272 Å². The van der Waals surface area contributed by atoms with E-state index in [9.17, 15) is 9.59 Å². The number of rotatable bonds is 5. The Hall–Kier alpha value is -4.56. The van der Waals surface area contributed by atoms with E-state index in [1.54, 1.807) is 30.3 Å². The zero-order valence-corrected chi connectivity index (χ0v) is 27.0. The number of carbonyl (C=O) groups excluding carboxylic acids is 2. The summed E-state index contributed by atoms with van der Waals surface area (Å²) in [6.45, 7) is 9.40. The molecular weight excluding hydrogens is 607 g/mol. The third-order valence-corrected chi connectivity index (χ3v) is 8.90. The van der Waals surface area contributed by atoms with Gasteiger partial charge in [-0.05, 0) is 57.9 Å². The van der Waals surface area contributed by atoms with E-state index in [0.717, 1.165) is 25.2 Å². The SMILES string of the molecule is CC1COCCN1c1ccc(NC(=O)Nc2ccc(-c3nc(N4CC5CCC(C4)O5)nc4c3C(=O)N(C)CC(C)(C)O4)cc2F)cn1. The smallest absolute Gasteiger partial charge is 0.323 e. The maximum atomic E-state index is 15.6. The zero-order valence-electron chi connectivity index (χ0n) is 27.0. The van der Waals surface area contributed by atoms with E-state index in [-0.39, 0.29) is 47.0 Å². The van der Waals surface area contributed by atoms with Gasteiger partial charge in [0.1, 0.15) is 22.8 Å². The summed E-state index contributed by atoms with van der Waals surface area (Å²) in [6, 6.07) is 7.48. The van der Waals surface area contributed by atoms with E-state index in [1.807, 2.05) is 24.8 Å². The molecule has 6 heterocycles. The molecule has 13 nitrogen and oxygen atoms in total. The standard InChI is InChI=1S/C33H39FN8O5/c1-19-17-45-12-11-42(19)26-10-6-21(14-35-26)36-32(44)37-25-9-5-20(13-24(25)34)28-27-29(47-33(2,3)18-40(4)30(27)43)39-31(38-28)41-15-22-7-8-23(16-41)46-22/h5-6,9-10,13-14,19,22-23H,7-8,11-12,15-18H2,1-4H3,(H2,36,37,44). The molecule has 0 aliphatic carbocycles. The highest BCUT2D eigenvalue weighted by atomic mass is 19.1. The summed E-state index contributed by atoms with van der Waals surface area (Å²) in [4.78, 5) is 46.3. The van der Waals surface area contributed by atoms with Crippen LogP contribution in [0.3, 0.4) is 0 Å². The average Bonchev–Trinajstić information content (AvgIpc) is 3.34. The lowest BCUT2D eigenvalue weighted by Gasteiger charge is -2.34. The Balaban J connectivity index is 1.14. The van der Waals surface area contributed by atoms with Gasteiger partial charge in [0.05, 0.1) is 61.3 Å². The molecule has 3 unspecified atom stereocenters. The van der Waals surface area contributed by atoms with Gasteiger partial charge in [-0.2, -0.15) is 4.98 Å². The molecule has 3 saturated heterocycles. The van der Waals surface area contributed by atoms with Gasteiger partial charge < -0.3 is 39.5 Å². The first-order valence-corrected chi connectivity index (χ1v) is 16.0. The molecule has 4 aliphatic rings. The van der Waals surface area contributed by atoms with Crippen molar-refractivity contribution in [1.82, 2.24) is 19.9 Å². The topological polar surface area (TPSA) is 134 Å².